The van der Waals surface area contributed by atoms with Crippen molar-refractivity contribution >= 4 is 0 Å². The van der Waals surface area contributed by atoms with Crippen molar-refractivity contribution in [2.24, 2.45) is 5.92 Å². The molecule has 3 nitrogen and oxygen atoms in total. The second-order valence-electron chi connectivity index (χ2n) is 8.41. The lowest BCUT2D eigenvalue weighted by Gasteiger charge is -2.41. The summed E-state index contributed by atoms with van der Waals surface area (Å²) < 4.78 is 6.00. The fourth-order valence-corrected chi connectivity index (χ4v) is 4.28. The summed E-state index contributed by atoms with van der Waals surface area (Å²) in [6.45, 7) is 10.9. The van der Waals surface area contributed by atoms with Crippen molar-refractivity contribution in [2.45, 2.75) is 64.5 Å². The number of benzene rings is 1. The van der Waals surface area contributed by atoms with Gasteiger partial charge in [0, 0.05) is 32.2 Å². The van der Waals surface area contributed by atoms with E-state index in [2.05, 4.69) is 55.3 Å². The normalized spacial score (nSPS) is 22.3. The molecule has 0 spiro atoms. The topological polar surface area (TPSA) is 24.5 Å². The van der Waals surface area contributed by atoms with Crippen molar-refractivity contribution in [3.63, 3.8) is 0 Å². The van der Waals surface area contributed by atoms with Crippen molar-refractivity contribution in [3.8, 4) is 5.75 Å². The third-order valence-corrected chi connectivity index (χ3v) is 5.29. The minimum Gasteiger partial charge on any atom is -0.488 e. The first kappa shape index (κ1) is 17.8. The van der Waals surface area contributed by atoms with Gasteiger partial charge in [-0.2, -0.15) is 0 Å². The molecule has 24 heavy (non-hydrogen) atoms. The molecule has 1 aromatic carbocycles. The lowest BCUT2D eigenvalue weighted by Crippen LogP contribution is -2.47. The predicted molar refractivity (Wildman–Crippen MR) is 101 cm³/mol. The first-order valence-corrected chi connectivity index (χ1v) is 9.77. The molecule has 0 unspecified atom stereocenters. The van der Waals surface area contributed by atoms with Gasteiger partial charge in [-0.25, -0.2) is 0 Å². The number of nitrogens with zero attached hydrogens (tertiary/aromatic N) is 1. The minimum absolute atomic E-state index is 0.136. The smallest absolute Gasteiger partial charge is 0.120 e. The maximum absolute atomic E-state index is 6.00. The highest BCUT2D eigenvalue weighted by Gasteiger charge is 2.30. The van der Waals surface area contributed by atoms with Crippen molar-refractivity contribution in [2.75, 3.05) is 26.2 Å². The molecule has 3 rings (SSSR count). The van der Waals surface area contributed by atoms with E-state index in [-0.39, 0.29) is 5.60 Å². The third-order valence-electron chi connectivity index (χ3n) is 5.29. The molecular weight excluding hydrogens is 296 g/mol. The van der Waals surface area contributed by atoms with Gasteiger partial charge in [-0.05, 0) is 57.2 Å². The quantitative estimate of drug-likeness (QED) is 0.886. The molecule has 1 saturated heterocycles. The van der Waals surface area contributed by atoms with Gasteiger partial charge in [-0.15, -0.1) is 0 Å². The Kier molecular flexibility index (Phi) is 5.83. The Hall–Kier alpha value is -1.06. The largest absolute Gasteiger partial charge is 0.488 e. The highest BCUT2D eigenvalue weighted by molar-refractivity contribution is 5.30. The monoisotopic (exact) mass is 330 g/mol. The molecular formula is C21H34N2O. The van der Waals surface area contributed by atoms with Gasteiger partial charge >= 0.3 is 0 Å². The molecule has 1 saturated carbocycles. The molecule has 3 heteroatoms. The van der Waals surface area contributed by atoms with Crippen molar-refractivity contribution < 1.29 is 4.74 Å². The van der Waals surface area contributed by atoms with E-state index in [1.807, 2.05) is 0 Å². The SMILES string of the molecule is CC(C)(C)Oc1ccc([C@@H](C2CCCCC2)N2CCNCC2)cc1. The molecule has 1 N–H and O–H groups in total. The molecule has 1 atom stereocenters. The zero-order valence-electron chi connectivity index (χ0n) is 15.7. The fourth-order valence-electron chi connectivity index (χ4n) is 4.28. The molecule has 0 amide bonds. The molecule has 134 valence electrons. The summed E-state index contributed by atoms with van der Waals surface area (Å²) in [7, 11) is 0. The van der Waals surface area contributed by atoms with Gasteiger partial charge in [0.25, 0.3) is 0 Å². The predicted octanol–water partition coefficient (Wildman–Crippen LogP) is 4.39. The van der Waals surface area contributed by atoms with E-state index >= 15 is 0 Å². The average Bonchev–Trinajstić information content (AvgIpc) is 2.57. The lowest BCUT2D eigenvalue weighted by molar-refractivity contribution is 0.103. The van der Waals surface area contributed by atoms with E-state index in [1.165, 1.54) is 50.8 Å². The zero-order valence-corrected chi connectivity index (χ0v) is 15.7. The summed E-state index contributed by atoms with van der Waals surface area (Å²) in [6.07, 6.45) is 6.99. The van der Waals surface area contributed by atoms with E-state index in [4.69, 9.17) is 4.74 Å². The summed E-state index contributed by atoms with van der Waals surface area (Å²) >= 11 is 0. The van der Waals surface area contributed by atoms with Crippen LogP contribution in [-0.4, -0.2) is 36.7 Å². The maximum Gasteiger partial charge on any atom is 0.120 e. The number of hydrogen-bond acceptors (Lipinski definition) is 3. The van der Waals surface area contributed by atoms with E-state index in [1.54, 1.807) is 0 Å². The Morgan fingerprint density at radius 2 is 1.62 bits per heavy atom. The average molecular weight is 331 g/mol. The number of nitrogens with one attached hydrogen (secondary N) is 1. The van der Waals surface area contributed by atoms with Crippen LogP contribution in [0.15, 0.2) is 24.3 Å². The fraction of sp³-hybridized carbons (Fsp3) is 0.714. The van der Waals surface area contributed by atoms with Crippen LogP contribution in [0.1, 0.15) is 64.5 Å². The molecule has 1 aliphatic carbocycles. The summed E-state index contributed by atoms with van der Waals surface area (Å²) in [5.41, 5.74) is 1.34. The van der Waals surface area contributed by atoms with Gasteiger partial charge < -0.3 is 10.1 Å². The first-order chi connectivity index (χ1) is 11.5. The maximum atomic E-state index is 6.00. The van der Waals surface area contributed by atoms with Crippen LogP contribution in [0.2, 0.25) is 0 Å². The zero-order chi connectivity index (χ0) is 17.0. The summed E-state index contributed by atoms with van der Waals surface area (Å²) in [4.78, 5) is 2.71. The summed E-state index contributed by atoms with van der Waals surface area (Å²) in [6, 6.07) is 9.53. The Morgan fingerprint density at radius 1 is 1.00 bits per heavy atom. The van der Waals surface area contributed by atoms with Crippen LogP contribution in [0.5, 0.6) is 5.75 Å². The molecule has 1 aromatic rings. The van der Waals surface area contributed by atoms with Crippen molar-refractivity contribution in [1.82, 2.24) is 10.2 Å². The molecule has 1 heterocycles. The third kappa shape index (κ3) is 4.73. The molecule has 2 aliphatic rings. The van der Waals surface area contributed by atoms with Crippen molar-refractivity contribution in [1.29, 1.82) is 0 Å². The Bertz CT molecular complexity index is 476. The molecule has 2 fully saturated rings. The number of hydrogen-bond donors (Lipinski definition) is 1. The van der Waals surface area contributed by atoms with Gasteiger partial charge in [0.05, 0.1) is 0 Å². The molecule has 0 bridgehead atoms. The van der Waals surface area contributed by atoms with Crippen LogP contribution in [0.4, 0.5) is 0 Å². The second kappa shape index (κ2) is 7.88. The van der Waals surface area contributed by atoms with Crippen LogP contribution in [0.3, 0.4) is 0 Å². The van der Waals surface area contributed by atoms with Crippen LogP contribution in [0.25, 0.3) is 0 Å². The van der Waals surface area contributed by atoms with E-state index in [0.717, 1.165) is 24.8 Å². The van der Waals surface area contributed by atoms with Crippen molar-refractivity contribution in [3.05, 3.63) is 29.8 Å². The lowest BCUT2D eigenvalue weighted by atomic mass is 9.80. The van der Waals surface area contributed by atoms with Gasteiger partial charge in [0.2, 0.25) is 0 Å². The van der Waals surface area contributed by atoms with E-state index < -0.39 is 0 Å². The van der Waals surface area contributed by atoms with Gasteiger partial charge in [-0.3, -0.25) is 4.90 Å². The van der Waals surface area contributed by atoms with Crippen LogP contribution in [-0.2, 0) is 0 Å². The first-order valence-electron chi connectivity index (χ1n) is 9.77. The summed E-state index contributed by atoms with van der Waals surface area (Å²) in [5.74, 6) is 1.79. The van der Waals surface area contributed by atoms with Crippen LogP contribution in [0, 0.1) is 5.92 Å². The Labute approximate surface area is 147 Å². The van der Waals surface area contributed by atoms with Crippen LogP contribution >= 0.6 is 0 Å². The van der Waals surface area contributed by atoms with E-state index in [0.29, 0.717) is 6.04 Å². The van der Waals surface area contributed by atoms with Gasteiger partial charge in [-0.1, -0.05) is 31.4 Å². The summed E-state index contributed by atoms with van der Waals surface area (Å²) in [5, 5.41) is 3.50. The Balaban J connectivity index is 1.78. The van der Waals surface area contributed by atoms with Gasteiger partial charge in [0.15, 0.2) is 0 Å². The number of piperazine rings is 1. The highest BCUT2D eigenvalue weighted by atomic mass is 16.5. The highest BCUT2D eigenvalue weighted by Crippen LogP contribution is 2.39. The Morgan fingerprint density at radius 3 is 2.21 bits per heavy atom. The van der Waals surface area contributed by atoms with Gasteiger partial charge in [0.1, 0.15) is 11.4 Å². The van der Waals surface area contributed by atoms with E-state index in [9.17, 15) is 0 Å². The number of rotatable bonds is 4. The van der Waals surface area contributed by atoms with Crippen LogP contribution < -0.4 is 10.1 Å². The number of ether oxygens (including phenoxy) is 1. The second-order valence-corrected chi connectivity index (χ2v) is 8.41. The molecule has 1 aliphatic heterocycles. The molecule has 0 radical (unpaired) electrons. The minimum atomic E-state index is -0.136. The standard InChI is InChI=1S/C21H34N2O/c1-21(2,3)24-19-11-9-18(10-12-19)20(17-7-5-4-6-8-17)23-15-13-22-14-16-23/h9-12,17,20,22H,4-8,13-16H2,1-3H3/t20-/m1/s1. The molecule has 0 aromatic heterocycles.